The molecule has 8 atom stereocenters. The Morgan fingerprint density at radius 3 is 1.69 bits per heavy atom. The smallest absolute Gasteiger partial charge is 0.293 e. The number of Topliss-reactive ketones (excluding diaryl/α,β-unsaturated/α-hetero) is 6. The number of fused-ring (bicyclic) bond motifs is 2. The maximum Gasteiger partial charge on any atom is 0.293 e. The molecule has 13 rings (SSSR count). The van der Waals surface area contributed by atoms with Crippen LogP contribution in [0.4, 0.5) is 33.5 Å². The number of nitrogens with one attached hydrogen (secondary N) is 7. The minimum absolute atomic E-state index is 0.0114. The van der Waals surface area contributed by atoms with E-state index in [0.717, 1.165) is 93.2 Å². The number of amidine groups is 1. The van der Waals surface area contributed by atoms with Crippen molar-refractivity contribution in [3.05, 3.63) is 245 Å². The number of nitrogens with zero attached hydrogens (tertiary/aromatic N) is 4. The first-order valence-electron chi connectivity index (χ1n) is 40.6. The number of hydrogen-bond acceptors (Lipinski definition) is 21. The second-order valence-corrected chi connectivity index (χ2v) is 33.2. The molecule has 27 nitrogen and oxygen atoms in total. The van der Waals surface area contributed by atoms with Gasteiger partial charge in [0.25, 0.3) is 29.5 Å². The van der Waals surface area contributed by atoms with Gasteiger partial charge in [-0.3, -0.25) is 63.4 Å². The summed E-state index contributed by atoms with van der Waals surface area (Å²) in [6.07, 6.45) is 4.87. The van der Waals surface area contributed by atoms with Gasteiger partial charge in [0, 0.05) is 81.6 Å². The molecule has 0 spiro atoms. The predicted octanol–water partition coefficient (Wildman–Crippen LogP) is 12.1. The molecule has 5 amide bonds. The number of likely N-dealkylation sites (tertiary alicyclic amines) is 2. The van der Waals surface area contributed by atoms with Crippen molar-refractivity contribution in [3.8, 4) is 5.75 Å². The molecule has 37 heteroatoms. The molecule has 7 aromatic carbocycles. The Labute approximate surface area is 755 Å². The summed E-state index contributed by atoms with van der Waals surface area (Å²) in [6, 6.07) is 36.1. The second kappa shape index (κ2) is 47.5. The zero-order valence-corrected chi connectivity index (χ0v) is 73.9. The van der Waals surface area contributed by atoms with Crippen LogP contribution >= 0.6 is 58.0 Å². The molecule has 0 aliphatic carbocycles. The summed E-state index contributed by atoms with van der Waals surface area (Å²) < 4.78 is 83.7. The van der Waals surface area contributed by atoms with E-state index in [-0.39, 0.29) is 141 Å². The van der Waals surface area contributed by atoms with Crippen molar-refractivity contribution in [2.75, 3.05) is 52.2 Å². The minimum atomic E-state index is -0.934. The molecule has 1 aromatic heterocycles. The number of anilines is 1. The van der Waals surface area contributed by atoms with Gasteiger partial charge in [-0.05, 0) is 210 Å². The average molecular weight is 1860 g/mol. The Kier molecular flexibility index (Phi) is 37.4. The fourth-order valence-electron chi connectivity index (χ4n) is 14.7. The zero-order valence-electron chi connectivity index (χ0n) is 70.1. The SMILES string of the molecule is CC1(C)OC(CN)C(CCC(=O)C(=O)Nc2ccc(Cl)c(F)c2)O1.CC1CCCC(C)N1C(N)NC(=O)C(=O)Cc1ccc(Cl)c(F)c1.COc1cccc(CC2CN(C)CCC2NC(=O)C(=O)Cc2ccc(Cl)c(F)c2)c1.O=C(Cc1ccc(Cl)c(F)c1)C(=O)NC1=Nc2nc[nH]c2C(=O)C1.O=C(Cc1ccc(Cl)c(F)c1)C(=O)NCC1NCCc2ccccc21. The van der Waals surface area contributed by atoms with Crippen LogP contribution in [0.1, 0.15) is 128 Å². The number of ether oxygens (including phenoxy) is 3. The number of benzene rings is 7. The van der Waals surface area contributed by atoms with Crippen LogP contribution in [0.15, 0.2) is 151 Å². The molecule has 6 heterocycles. The standard InChI is InChI=1S/C23H26ClFN2O3.C19H18ClFN2O2.C17H23ClFN3O2.C16H20ClFN2O4.C15H10ClFN4O3/c1-27-9-8-21(17(14-27)10-15-4-3-5-18(11-15)30-2)26-23(29)22(28)13-16-6-7-19(24)20(25)12-16;20-15-6-5-12(9-16(15)21)10-18(24)19(25)23-11-17-14-4-2-1-3-13(14)7-8-22-17;1-10-4-3-5-11(2)22(10)17(20)21-16(24)15(23)9-12-6-7-13(18)14(19)8-12;1-16(2)23-13(14(8-19)24-16)6-5-12(21)15(22)20-9-3-4-10(17)11(18)7-9;16-8-2-1-7(3-9(8)17)4-11(23)15(24)21-12-5-10(22)13-14(20-12)19-6-18-13/h3-7,11-12,17,21H,8-10,13-14H2,1-2H3,(H,26,29);1-6,9,17,22H,7-8,10-11H2,(H,23,25);6-8,10-11,17H,3-5,9,20H2,1-2H3,(H,21,24);3-4,7,13-14H,5-6,8,19H2,1-2H3,(H,20,22);1-3,6H,4-5H2,(H,18,19)(H,20,21,24). The van der Waals surface area contributed by atoms with Crippen LogP contribution in [0, 0.1) is 35.0 Å². The molecule has 0 radical (unpaired) electrons. The van der Waals surface area contributed by atoms with Gasteiger partial charge in [0.15, 0.2) is 17.4 Å². The van der Waals surface area contributed by atoms with Crippen molar-refractivity contribution in [2.24, 2.45) is 22.4 Å². The van der Waals surface area contributed by atoms with Crippen molar-refractivity contribution in [1.82, 2.24) is 46.4 Å². The van der Waals surface area contributed by atoms with E-state index in [1.165, 1.54) is 78.6 Å². The van der Waals surface area contributed by atoms with E-state index >= 15 is 0 Å². The van der Waals surface area contributed by atoms with Gasteiger partial charge in [-0.1, -0.05) is 125 Å². The molecular formula is C90H97Cl5F5N13O14. The van der Waals surface area contributed by atoms with E-state index in [4.69, 9.17) is 83.7 Å². The summed E-state index contributed by atoms with van der Waals surface area (Å²) in [5.74, 6) is -10.1. The van der Waals surface area contributed by atoms with E-state index in [9.17, 15) is 74.7 Å². The summed E-state index contributed by atoms with van der Waals surface area (Å²) in [6.45, 7) is 10.7. The summed E-state index contributed by atoms with van der Waals surface area (Å²) >= 11 is 28.0. The second-order valence-electron chi connectivity index (χ2n) is 31.2. The molecule has 3 fully saturated rings. The Bertz CT molecular complexity index is 5370. The lowest BCUT2D eigenvalue weighted by Crippen LogP contribution is -2.61. The fourth-order valence-corrected chi connectivity index (χ4v) is 15.3. The molecule has 127 heavy (non-hydrogen) atoms. The van der Waals surface area contributed by atoms with Gasteiger partial charge >= 0.3 is 0 Å². The number of piperidine rings is 2. The number of hydrogen-bond donors (Lipinski definition) is 9. The van der Waals surface area contributed by atoms with Gasteiger partial charge in [-0.2, -0.15) is 0 Å². The van der Waals surface area contributed by atoms with Crippen molar-refractivity contribution in [1.29, 1.82) is 0 Å². The highest BCUT2D eigenvalue weighted by molar-refractivity contribution is 6.42. The van der Waals surface area contributed by atoms with Crippen LogP contribution in [-0.2, 0) is 95.9 Å². The van der Waals surface area contributed by atoms with Gasteiger partial charge in [-0.25, -0.2) is 31.9 Å². The molecule has 0 bridgehead atoms. The molecule has 3 saturated heterocycles. The largest absolute Gasteiger partial charge is 0.497 e. The molecule has 5 aliphatic heterocycles. The van der Waals surface area contributed by atoms with Crippen molar-refractivity contribution < 1.29 is 88.9 Å². The Morgan fingerprint density at radius 1 is 0.614 bits per heavy atom. The van der Waals surface area contributed by atoms with Crippen molar-refractivity contribution >= 4 is 140 Å². The van der Waals surface area contributed by atoms with Crippen molar-refractivity contribution in [3.63, 3.8) is 0 Å². The summed E-state index contributed by atoms with van der Waals surface area (Å²) in [4.78, 5) is 147. The number of aromatic amines is 1. The predicted molar refractivity (Wildman–Crippen MR) is 469 cm³/mol. The monoisotopic (exact) mass is 1850 g/mol. The lowest BCUT2D eigenvalue weighted by Gasteiger charge is -2.42. The van der Waals surface area contributed by atoms with E-state index in [1.54, 1.807) is 27.0 Å². The van der Waals surface area contributed by atoms with Crippen LogP contribution in [0.5, 0.6) is 5.75 Å². The number of rotatable bonds is 26. The molecule has 5 aliphatic rings. The van der Waals surface area contributed by atoms with Crippen LogP contribution in [-0.4, -0.2) is 179 Å². The molecule has 8 unspecified atom stereocenters. The van der Waals surface area contributed by atoms with E-state index in [1.807, 2.05) is 47.4 Å². The zero-order chi connectivity index (χ0) is 92.5. The topological polar surface area (TPSA) is 387 Å². The van der Waals surface area contributed by atoms with E-state index in [0.29, 0.717) is 35.2 Å². The minimum Gasteiger partial charge on any atom is -0.497 e. The fraction of sp³-hybridized carbons (Fsp3) is 0.367. The Morgan fingerprint density at radius 2 is 1.13 bits per heavy atom. The lowest BCUT2D eigenvalue weighted by molar-refractivity contribution is -0.147. The third-order valence-electron chi connectivity index (χ3n) is 21.2. The first-order chi connectivity index (χ1) is 60.3. The van der Waals surface area contributed by atoms with Gasteiger partial charge in [-0.15, -0.1) is 0 Å². The first-order valence-corrected chi connectivity index (χ1v) is 42.5. The number of carbonyl (C=O) groups excluding carboxylic acids is 11. The molecular weight excluding hydrogens is 1760 g/mol. The first kappa shape index (κ1) is 100. The molecule has 8 aromatic rings. The molecule has 676 valence electrons. The van der Waals surface area contributed by atoms with Gasteiger partial charge in [0.05, 0.1) is 57.2 Å². The number of aliphatic imine (C=N–C) groups is 1. The number of carbonyl (C=O) groups is 11. The number of H-pyrrole nitrogens is 1. The van der Waals surface area contributed by atoms with E-state index < -0.39 is 99.6 Å². The lowest BCUT2D eigenvalue weighted by atomic mass is 9.86. The third-order valence-corrected chi connectivity index (χ3v) is 22.7. The number of ketones is 6. The quantitative estimate of drug-likeness (QED) is 0.0138. The van der Waals surface area contributed by atoms with Crippen LogP contribution in [0.2, 0.25) is 25.1 Å². The number of halogens is 10. The summed E-state index contributed by atoms with van der Waals surface area (Å²) in [5.41, 5.74) is 17.2. The number of nitrogens with two attached hydrogens (primary N) is 2. The van der Waals surface area contributed by atoms with Crippen molar-refractivity contribution in [2.45, 2.75) is 160 Å². The Balaban J connectivity index is 0.000000180. The summed E-state index contributed by atoms with van der Waals surface area (Å²) in [7, 11) is 3.69. The van der Waals surface area contributed by atoms with Gasteiger partial charge < -0.3 is 61.7 Å². The maximum absolute atomic E-state index is 13.6. The normalized spacial score (nSPS) is 18.8. The number of aromatic nitrogens is 2. The maximum atomic E-state index is 13.6. The Hall–Kier alpha value is -10.6. The third kappa shape index (κ3) is 30.0. The number of methoxy groups -OCH3 is 1. The van der Waals surface area contributed by atoms with Crippen LogP contribution in [0.3, 0.4) is 0 Å². The van der Waals surface area contributed by atoms with Crippen LogP contribution < -0.4 is 48.1 Å². The highest BCUT2D eigenvalue weighted by Gasteiger charge is 2.41. The summed E-state index contributed by atoms with van der Waals surface area (Å²) in [5, 5.41) is 15.9. The highest BCUT2D eigenvalue weighted by atomic mass is 35.5. The number of amides is 5. The van der Waals surface area contributed by atoms with Crippen LogP contribution in [0.25, 0.3) is 0 Å². The molecule has 0 saturated carbocycles. The average Bonchev–Trinajstić information content (AvgIpc) is 1.79. The highest BCUT2D eigenvalue weighted by Crippen LogP contribution is 2.32. The number of imidazole rings is 1. The van der Waals surface area contributed by atoms with Gasteiger partial charge in [0.1, 0.15) is 52.7 Å². The van der Waals surface area contributed by atoms with Gasteiger partial charge in [0.2, 0.25) is 28.9 Å². The molecule has 11 N–H and O–H groups in total. The van der Waals surface area contributed by atoms with E-state index in [2.05, 4.69) is 78.7 Å².